The molecule has 0 amide bonds. The van der Waals surface area contributed by atoms with E-state index in [1.807, 2.05) is 0 Å². The van der Waals surface area contributed by atoms with E-state index in [4.69, 9.17) is 5.11 Å². The van der Waals surface area contributed by atoms with Gasteiger partial charge in [-0.25, -0.2) is 17.2 Å². The Bertz CT molecular complexity index is 457. The van der Waals surface area contributed by atoms with Gasteiger partial charge < -0.3 is 5.11 Å². The molecule has 0 aliphatic rings. The molecule has 90 valence electrons. The summed E-state index contributed by atoms with van der Waals surface area (Å²) in [6.45, 7) is -0.211. The minimum absolute atomic E-state index is 0.145. The van der Waals surface area contributed by atoms with Crippen LogP contribution in [0.2, 0.25) is 0 Å². The van der Waals surface area contributed by atoms with Gasteiger partial charge >= 0.3 is 0 Å². The molecule has 0 unspecified atom stereocenters. The highest BCUT2D eigenvalue weighted by Crippen LogP contribution is 2.12. The summed E-state index contributed by atoms with van der Waals surface area (Å²) in [7, 11) is -3.38. The SMILES string of the molecule is O=S(=O)(CCCO)Cc1ccc(F)c(F)c1. The maximum absolute atomic E-state index is 12.8. The number of aliphatic hydroxyl groups is 1. The van der Waals surface area contributed by atoms with Crippen LogP contribution in [-0.2, 0) is 15.6 Å². The second-order valence-electron chi connectivity index (χ2n) is 3.42. The summed E-state index contributed by atoms with van der Waals surface area (Å²) in [6.07, 6.45) is 0.145. The molecule has 0 atom stereocenters. The van der Waals surface area contributed by atoms with E-state index in [0.29, 0.717) is 0 Å². The lowest BCUT2D eigenvalue weighted by Gasteiger charge is -2.04. The van der Waals surface area contributed by atoms with Crippen molar-refractivity contribution in [1.82, 2.24) is 0 Å². The second kappa shape index (κ2) is 5.36. The molecule has 6 heteroatoms. The number of benzene rings is 1. The standard InChI is InChI=1S/C10H12F2O3S/c11-9-3-2-8(6-10(9)12)7-16(14,15)5-1-4-13/h2-3,6,13H,1,4-5,7H2. The number of rotatable bonds is 5. The Morgan fingerprint density at radius 2 is 1.88 bits per heavy atom. The van der Waals surface area contributed by atoms with Crippen LogP contribution in [0.4, 0.5) is 8.78 Å². The van der Waals surface area contributed by atoms with Crippen molar-refractivity contribution >= 4 is 9.84 Å². The van der Waals surface area contributed by atoms with Crippen LogP contribution < -0.4 is 0 Å². The molecule has 0 aliphatic carbocycles. The van der Waals surface area contributed by atoms with E-state index >= 15 is 0 Å². The smallest absolute Gasteiger partial charge is 0.159 e. The number of halogens is 2. The predicted octanol–water partition coefficient (Wildman–Crippen LogP) is 1.26. The van der Waals surface area contributed by atoms with Crippen LogP contribution in [0.15, 0.2) is 18.2 Å². The molecule has 1 aromatic carbocycles. The molecule has 1 aromatic rings. The lowest BCUT2D eigenvalue weighted by Crippen LogP contribution is -2.10. The maximum atomic E-state index is 12.8. The Balaban J connectivity index is 2.76. The van der Waals surface area contributed by atoms with Crippen molar-refractivity contribution in [2.45, 2.75) is 12.2 Å². The molecule has 1 N–H and O–H groups in total. The van der Waals surface area contributed by atoms with Gasteiger partial charge in [0.1, 0.15) is 0 Å². The highest BCUT2D eigenvalue weighted by molar-refractivity contribution is 7.90. The van der Waals surface area contributed by atoms with Crippen molar-refractivity contribution in [3.8, 4) is 0 Å². The molecule has 3 nitrogen and oxygen atoms in total. The summed E-state index contributed by atoms with van der Waals surface area (Å²) in [6, 6.07) is 2.99. The molecule has 0 saturated carbocycles. The summed E-state index contributed by atoms with van der Waals surface area (Å²) in [5, 5.41) is 8.50. The molecule has 0 bridgehead atoms. The van der Waals surface area contributed by atoms with Gasteiger partial charge in [0, 0.05) is 6.61 Å². The van der Waals surface area contributed by atoms with Gasteiger partial charge in [0.15, 0.2) is 21.5 Å². The van der Waals surface area contributed by atoms with Crippen molar-refractivity contribution in [1.29, 1.82) is 0 Å². The van der Waals surface area contributed by atoms with Crippen molar-refractivity contribution in [2.75, 3.05) is 12.4 Å². The molecule has 0 heterocycles. The average molecular weight is 250 g/mol. The molecule has 0 saturated heterocycles. The van der Waals surface area contributed by atoms with E-state index in [1.54, 1.807) is 0 Å². The first-order valence-corrected chi connectivity index (χ1v) is 6.52. The lowest BCUT2D eigenvalue weighted by atomic mass is 10.2. The molecule has 0 aliphatic heterocycles. The number of hydrogen-bond acceptors (Lipinski definition) is 3. The largest absolute Gasteiger partial charge is 0.396 e. The fraction of sp³-hybridized carbons (Fsp3) is 0.400. The Morgan fingerprint density at radius 3 is 2.44 bits per heavy atom. The van der Waals surface area contributed by atoms with Crippen LogP contribution in [0.5, 0.6) is 0 Å². The number of hydrogen-bond donors (Lipinski definition) is 1. The van der Waals surface area contributed by atoms with Gasteiger partial charge in [-0.3, -0.25) is 0 Å². The minimum Gasteiger partial charge on any atom is -0.396 e. The molecule has 1 rings (SSSR count). The van der Waals surface area contributed by atoms with Gasteiger partial charge in [-0.05, 0) is 24.1 Å². The third-order valence-corrected chi connectivity index (χ3v) is 3.67. The van der Waals surface area contributed by atoms with Crippen LogP contribution in [0.1, 0.15) is 12.0 Å². The lowest BCUT2D eigenvalue weighted by molar-refractivity contribution is 0.295. The summed E-state index contributed by atoms with van der Waals surface area (Å²) < 4.78 is 48.2. The van der Waals surface area contributed by atoms with Crippen molar-refractivity contribution < 1.29 is 22.3 Å². The third-order valence-electron chi connectivity index (χ3n) is 1.98. The van der Waals surface area contributed by atoms with Crippen molar-refractivity contribution in [2.24, 2.45) is 0 Å². The van der Waals surface area contributed by atoms with Gasteiger partial charge in [0.05, 0.1) is 11.5 Å². The van der Waals surface area contributed by atoms with Crippen molar-refractivity contribution in [3.05, 3.63) is 35.4 Å². The van der Waals surface area contributed by atoms with Crippen LogP contribution in [-0.4, -0.2) is 25.9 Å². The van der Waals surface area contributed by atoms with Gasteiger partial charge in [0.25, 0.3) is 0 Å². The summed E-state index contributed by atoms with van der Waals surface area (Å²) >= 11 is 0. The van der Waals surface area contributed by atoms with E-state index in [2.05, 4.69) is 0 Å². The molecular formula is C10H12F2O3S. The van der Waals surface area contributed by atoms with E-state index in [-0.39, 0.29) is 30.1 Å². The topological polar surface area (TPSA) is 54.4 Å². The molecular weight excluding hydrogens is 238 g/mol. The monoisotopic (exact) mass is 250 g/mol. The number of sulfone groups is 1. The van der Waals surface area contributed by atoms with Crippen LogP contribution in [0.25, 0.3) is 0 Å². The highest BCUT2D eigenvalue weighted by Gasteiger charge is 2.13. The van der Waals surface area contributed by atoms with Crippen LogP contribution in [0.3, 0.4) is 0 Å². The zero-order valence-electron chi connectivity index (χ0n) is 8.49. The zero-order chi connectivity index (χ0) is 12.2. The Hall–Kier alpha value is -1.01. The summed E-state index contributed by atoms with van der Waals surface area (Å²) in [5.41, 5.74) is 0.205. The van der Waals surface area contributed by atoms with Gasteiger partial charge in [0.2, 0.25) is 0 Å². The second-order valence-corrected chi connectivity index (χ2v) is 5.60. The fourth-order valence-electron chi connectivity index (χ4n) is 1.24. The molecule has 0 aromatic heterocycles. The van der Waals surface area contributed by atoms with E-state index in [0.717, 1.165) is 12.1 Å². The Labute approximate surface area is 92.6 Å². The summed E-state index contributed by atoms with van der Waals surface area (Å²) in [4.78, 5) is 0. The van der Waals surface area contributed by atoms with Crippen molar-refractivity contribution in [3.63, 3.8) is 0 Å². The Kier molecular flexibility index (Phi) is 4.37. The minimum atomic E-state index is -3.38. The zero-order valence-corrected chi connectivity index (χ0v) is 9.30. The van der Waals surface area contributed by atoms with Gasteiger partial charge in [-0.1, -0.05) is 6.07 Å². The molecule has 0 radical (unpaired) electrons. The first-order valence-electron chi connectivity index (χ1n) is 4.70. The van der Waals surface area contributed by atoms with E-state index < -0.39 is 21.5 Å². The van der Waals surface area contributed by atoms with Gasteiger partial charge in [-0.15, -0.1) is 0 Å². The third kappa shape index (κ3) is 3.86. The highest BCUT2D eigenvalue weighted by atomic mass is 32.2. The quantitative estimate of drug-likeness (QED) is 0.856. The molecule has 0 spiro atoms. The van der Waals surface area contributed by atoms with Crippen LogP contribution in [0, 0.1) is 11.6 Å². The van der Waals surface area contributed by atoms with E-state index in [9.17, 15) is 17.2 Å². The fourth-order valence-corrected chi connectivity index (χ4v) is 2.64. The normalized spacial score (nSPS) is 11.7. The average Bonchev–Trinajstić information content (AvgIpc) is 2.20. The molecule has 0 fully saturated rings. The number of aliphatic hydroxyl groups excluding tert-OH is 1. The first kappa shape index (κ1) is 13.1. The van der Waals surface area contributed by atoms with E-state index in [1.165, 1.54) is 6.07 Å². The predicted molar refractivity (Wildman–Crippen MR) is 55.6 cm³/mol. The van der Waals surface area contributed by atoms with Crippen LogP contribution >= 0.6 is 0 Å². The van der Waals surface area contributed by atoms with Gasteiger partial charge in [-0.2, -0.15) is 0 Å². The maximum Gasteiger partial charge on any atom is 0.159 e. The molecule has 16 heavy (non-hydrogen) atoms. The first-order chi connectivity index (χ1) is 7.44. The Morgan fingerprint density at radius 1 is 1.19 bits per heavy atom. The summed E-state index contributed by atoms with van der Waals surface area (Å²) in [5.74, 6) is -2.57.